The van der Waals surface area contributed by atoms with Crippen molar-refractivity contribution in [2.75, 3.05) is 7.11 Å². The molecule has 82 valence electrons. The van der Waals surface area contributed by atoms with E-state index in [1.54, 1.807) is 0 Å². The number of carbonyl (C=O) groups is 1. The van der Waals surface area contributed by atoms with Gasteiger partial charge in [-0.2, -0.15) is 0 Å². The maximum atomic E-state index is 12.7. The SMILES string of the molecule is COC(=O)c1ccnc(CBr)c1C(F)F. The lowest BCUT2D eigenvalue weighted by Crippen LogP contribution is -2.09. The molecule has 1 aromatic rings. The van der Waals surface area contributed by atoms with Crippen LogP contribution in [0.4, 0.5) is 8.78 Å². The van der Waals surface area contributed by atoms with Crippen molar-refractivity contribution in [2.24, 2.45) is 0 Å². The molecule has 0 aliphatic rings. The summed E-state index contributed by atoms with van der Waals surface area (Å²) in [5.74, 6) is -0.782. The Labute approximate surface area is 93.6 Å². The highest BCUT2D eigenvalue weighted by molar-refractivity contribution is 9.08. The molecule has 0 aliphatic heterocycles. The van der Waals surface area contributed by atoms with Crippen molar-refractivity contribution in [3.8, 4) is 0 Å². The van der Waals surface area contributed by atoms with Gasteiger partial charge in [0.15, 0.2) is 0 Å². The third kappa shape index (κ3) is 2.50. The van der Waals surface area contributed by atoms with E-state index in [-0.39, 0.29) is 22.2 Å². The van der Waals surface area contributed by atoms with Crippen LogP contribution in [0.5, 0.6) is 0 Å². The van der Waals surface area contributed by atoms with Crippen LogP contribution in [0, 0.1) is 0 Å². The van der Waals surface area contributed by atoms with Crippen molar-refractivity contribution >= 4 is 21.9 Å². The van der Waals surface area contributed by atoms with Gasteiger partial charge in [0.2, 0.25) is 0 Å². The number of rotatable bonds is 3. The first-order chi connectivity index (χ1) is 7.11. The van der Waals surface area contributed by atoms with Crippen LogP contribution in [0.25, 0.3) is 0 Å². The van der Waals surface area contributed by atoms with Crippen LogP contribution in [0.1, 0.15) is 28.0 Å². The van der Waals surface area contributed by atoms with Crippen LogP contribution >= 0.6 is 15.9 Å². The zero-order chi connectivity index (χ0) is 11.4. The van der Waals surface area contributed by atoms with Crippen LogP contribution in [-0.4, -0.2) is 18.1 Å². The minimum absolute atomic E-state index is 0.142. The molecule has 0 spiro atoms. The highest BCUT2D eigenvalue weighted by Crippen LogP contribution is 2.27. The van der Waals surface area contributed by atoms with Crippen molar-refractivity contribution in [1.29, 1.82) is 0 Å². The highest BCUT2D eigenvalue weighted by atomic mass is 79.9. The molecule has 0 saturated heterocycles. The molecule has 0 aliphatic carbocycles. The zero-order valence-corrected chi connectivity index (χ0v) is 9.42. The van der Waals surface area contributed by atoms with Gasteiger partial charge in [-0.3, -0.25) is 4.98 Å². The molecule has 0 radical (unpaired) electrons. The Bertz CT molecular complexity index is 371. The number of aromatic nitrogens is 1. The Morgan fingerprint density at radius 1 is 1.67 bits per heavy atom. The normalized spacial score (nSPS) is 10.5. The standard InChI is InChI=1S/C9H8BrF2NO2/c1-15-9(14)5-2-3-13-6(4-10)7(5)8(11)12/h2-3,8H,4H2,1H3. The monoisotopic (exact) mass is 279 g/mol. The smallest absolute Gasteiger partial charge is 0.338 e. The summed E-state index contributed by atoms with van der Waals surface area (Å²) in [6, 6.07) is 1.22. The van der Waals surface area contributed by atoms with E-state index in [0.717, 1.165) is 7.11 Å². The molecule has 0 fully saturated rings. The van der Waals surface area contributed by atoms with Crippen molar-refractivity contribution in [2.45, 2.75) is 11.8 Å². The van der Waals surface area contributed by atoms with Crippen molar-refractivity contribution in [1.82, 2.24) is 4.98 Å². The quantitative estimate of drug-likeness (QED) is 0.631. The fourth-order valence-electron chi connectivity index (χ4n) is 1.15. The number of alkyl halides is 3. The van der Waals surface area contributed by atoms with Crippen molar-refractivity contribution < 1.29 is 18.3 Å². The molecule has 0 bridgehead atoms. The second-order valence-corrected chi connectivity index (χ2v) is 3.21. The molecule has 0 saturated carbocycles. The molecule has 0 amide bonds. The van der Waals surface area contributed by atoms with Crippen LogP contribution in [0.15, 0.2) is 12.3 Å². The number of nitrogens with zero attached hydrogens (tertiary/aromatic N) is 1. The fraction of sp³-hybridized carbons (Fsp3) is 0.333. The fourth-order valence-corrected chi connectivity index (χ4v) is 1.60. The average molecular weight is 280 g/mol. The first kappa shape index (κ1) is 12.0. The number of pyridine rings is 1. The van der Waals surface area contributed by atoms with Gasteiger partial charge in [-0.1, -0.05) is 15.9 Å². The van der Waals surface area contributed by atoms with E-state index in [9.17, 15) is 13.6 Å². The van der Waals surface area contributed by atoms with Gasteiger partial charge in [-0.25, -0.2) is 13.6 Å². The summed E-state index contributed by atoms with van der Waals surface area (Å²) in [5, 5.41) is 0.164. The van der Waals surface area contributed by atoms with E-state index < -0.39 is 12.4 Å². The zero-order valence-electron chi connectivity index (χ0n) is 7.84. The number of esters is 1. The van der Waals surface area contributed by atoms with Crippen LogP contribution < -0.4 is 0 Å². The Hall–Kier alpha value is -1.04. The number of methoxy groups -OCH3 is 1. The summed E-state index contributed by atoms with van der Waals surface area (Å²) < 4.78 is 29.8. The van der Waals surface area contributed by atoms with E-state index in [2.05, 4.69) is 25.7 Å². The maximum Gasteiger partial charge on any atom is 0.338 e. The number of hydrogen-bond donors (Lipinski definition) is 0. The topological polar surface area (TPSA) is 39.2 Å². The number of ether oxygens (including phenoxy) is 1. The summed E-state index contributed by atoms with van der Waals surface area (Å²) in [4.78, 5) is 15.0. The molecule has 0 aromatic carbocycles. The van der Waals surface area contributed by atoms with Gasteiger partial charge in [0.25, 0.3) is 6.43 Å². The second kappa shape index (κ2) is 5.16. The van der Waals surface area contributed by atoms with Gasteiger partial charge < -0.3 is 4.74 Å². The predicted molar refractivity (Wildman–Crippen MR) is 53.2 cm³/mol. The van der Waals surface area contributed by atoms with E-state index in [0.29, 0.717) is 0 Å². The number of hydrogen-bond acceptors (Lipinski definition) is 3. The second-order valence-electron chi connectivity index (χ2n) is 2.64. The lowest BCUT2D eigenvalue weighted by atomic mass is 10.1. The van der Waals surface area contributed by atoms with E-state index in [1.807, 2.05) is 0 Å². The molecule has 0 unspecified atom stereocenters. The van der Waals surface area contributed by atoms with Crippen LogP contribution in [0.2, 0.25) is 0 Å². The molecule has 6 heteroatoms. The van der Waals surface area contributed by atoms with E-state index >= 15 is 0 Å². The molecule has 3 nitrogen and oxygen atoms in total. The van der Waals surface area contributed by atoms with Gasteiger partial charge >= 0.3 is 5.97 Å². The van der Waals surface area contributed by atoms with Gasteiger partial charge in [0.05, 0.1) is 23.9 Å². The third-order valence-electron chi connectivity index (χ3n) is 1.82. The summed E-state index contributed by atoms with van der Waals surface area (Å²) in [6.07, 6.45) is -1.45. The minimum Gasteiger partial charge on any atom is -0.465 e. The summed E-state index contributed by atoms with van der Waals surface area (Å²) in [7, 11) is 1.14. The Morgan fingerprint density at radius 3 is 2.80 bits per heavy atom. The van der Waals surface area contributed by atoms with Gasteiger partial charge in [-0.05, 0) is 6.07 Å². The molecular formula is C9H8BrF2NO2. The minimum atomic E-state index is -2.75. The largest absolute Gasteiger partial charge is 0.465 e. The molecule has 15 heavy (non-hydrogen) atoms. The highest BCUT2D eigenvalue weighted by Gasteiger charge is 2.22. The van der Waals surface area contributed by atoms with Gasteiger partial charge in [-0.15, -0.1) is 0 Å². The molecule has 1 aromatic heterocycles. The maximum absolute atomic E-state index is 12.7. The van der Waals surface area contributed by atoms with Crippen molar-refractivity contribution in [3.63, 3.8) is 0 Å². The van der Waals surface area contributed by atoms with Crippen molar-refractivity contribution in [3.05, 3.63) is 29.1 Å². The van der Waals surface area contributed by atoms with Gasteiger partial charge in [0, 0.05) is 11.5 Å². The van der Waals surface area contributed by atoms with Crippen LogP contribution in [-0.2, 0) is 10.1 Å². The molecular weight excluding hydrogens is 272 g/mol. The molecule has 0 N–H and O–H groups in total. The third-order valence-corrected chi connectivity index (χ3v) is 2.35. The van der Waals surface area contributed by atoms with E-state index in [4.69, 9.17) is 0 Å². The molecule has 0 atom stereocenters. The summed E-state index contributed by atoms with van der Waals surface area (Å²) in [5.41, 5.74) is -0.369. The average Bonchev–Trinajstić information content (AvgIpc) is 2.26. The Kier molecular flexibility index (Phi) is 4.14. The number of carbonyl (C=O) groups excluding carboxylic acids is 1. The van der Waals surface area contributed by atoms with Gasteiger partial charge in [0.1, 0.15) is 0 Å². The molecule has 1 rings (SSSR count). The number of halogens is 3. The predicted octanol–water partition coefficient (Wildman–Crippen LogP) is 2.70. The lowest BCUT2D eigenvalue weighted by molar-refractivity contribution is 0.0588. The van der Waals surface area contributed by atoms with Crippen LogP contribution in [0.3, 0.4) is 0 Å². The summed E-state index contributed by atoms with van der Waals surface area (Å²) in [6.45, 7) is 0. The Morgan fingerprint density at radius 2 is 2.33 bits per heavy atom. The lowest BCUT2D eigenvalue weighted by Gasteiger charge is -2.09. The first-order valence-electron chi connectivity index (χ1n) is 4.02. The first-order valence-corrected chi connectivity index (χ1v) is 5.14. The summed E-state index contributed by atoms with van der Waals surface area (Å²) >= 11 is 3.03. The molecule has 1 heterocycles. The Balaban J connectivity index is 3.31. The van der Waals surface area contributed by atoms with E-state index in [1.165, 1.54) is 12.3 Å².